The van der Waals surface area contributed by atoms with Crippen LogP contribution in [0.2, 0.25) is 0 Å². The van der Waals surface area contributed by atoms with Crippen molar-refractivity contribution in [2.45, 2.75) is 129 Å². The van der Waals surface area contributed by atoms with Gasteiger partial charge in [-0.15, -0.1) is 0 Å². The van der Waals surface area contributed by atoms with Crippen LogP contribution >= 0.6 is 0 Å². The van der Waals surface area contributed by atoms with Gasteiger partial charge in [-0.3, -0.25) is 9.59 Å². The van der Waals surface area contributed by atoms with Gasteiger partial charge in [0.1, 0.15) is 17.3 Å². The summed E-state index contributed by atoms with van der Waals surface area (Å²) in [5.41, 5.74) is 1.41. The van der Waals surface area contributed by atoms with E-state index in [1.165, 1.54) is 44.1 Å². The number of Topliss-reactive ketones (excluding diaryl/α,β-unsaturated/α-hetero) is 2. The van der Waals surface area contributed by atoms with Crippen molar-refractivity contribution < 1.29 is 14.3 Å². The Bertz CT molecular complexity index is 745. The highest BCUT2D eigenvalue weighted by Gasteiger charge is 2.34. The predicted octanol–water partition coefficient (Wildman–Crippen LogP) is 8.83. The third-order valence-corrected chi connectivity index (χ3v) is 8.53. The molecule has 2 unspecified atom stereocenters. The lowest BCUT2D eigenvalue weighted by Gasteiger charge is -2.31. The molecule has 0 spiro atoms. The molecule has 0 N–H and O–H groups in total. The summed E-state index contributed by atoms with van der Waals surface area (Å²) in [6.07, 6.45) is 19.0. The molecule has 3 heteroatoms. The molecule has 2 atom stereocenters. The van der Waals surface area contributed by atoms with Crippen molar-refractivity contribution in [2.75, 3.05) is 6.61 Å². The Balaban J connectivity index is 1.32. The van der Waals surface area contributed by atoms with Crippen LogP contribution in [-0.2, 0) is 9.59 Å². The first-order valence-corrected chi connectivity index (χ1v) is 14.9. The van der Waals surface area contributed by atoms with Crippen LogP contribution in [0.15, 0.2) is 24.3 Å². The zero-order chi connectivity index (χ0) is 24.9. The number of rotatable bonds is 15. The molecule has 1 aromatic carbocycles. The molecule has 0 saturated heterocycles. The average molecular weight is 483 g/mol. The quantitative estimate of drug-likeness (QED) is 0.185. The van der Waals surface area contributed by atoms with Gasteiger partial charge in [-0.25, -0.2) is 0 Å². The van der Waals surface area contributed by atoms with Gasteiger partial charge in [0.05, 0.1) is 12.5 Å². The monoisotopic (exact) mass is 482 g/mol. The molecular formula is C32H50O3. The molecule has 2 aliphatic rings. The maximum Gasteiger partial charge on any atom is 0.143 e. The second kappa shape index (κ2) is 15.5. The number of unbranched alkanes of at least 4 members (excludes halogenated alkanes) is 6. The second-order valence-electron chi connectivity index (χ2n) is 11.4. The van der Waals surface area contributed by atoms with Crippen LogP contribution < -0.4 is 4.74 Å². The van der Waals surface area contributed by atoms with Gasteiger partial charge in [0.2, 0.25) is 0 Å². The van der Waals surface area contributed by atoms with Crippen molar-refractivity contribution in [3.05, 3.63) is 29.8 Å². The van der Waals surface area contributed by atoms with Gasteiger partial charge >= 0.3 is 0 Å². The summed E-state index contributed by atoms with van der Waals surface area (Å²) in [7, 11) is 0. The number of hydrogen-bond donors (Lipinski definition) is 0. The SMILES string of the molecule is CCCCCCCCCOc1ccc(C2CCC(CC(=O)C3CCC(CCC)CC3=O)CC2)cc1. The first-order valence-electron chi connectivity index (χ1n) is 14.9. The zero-order valence-electron chi connectivity index (χ0n) is 22.6. The highest BCUT2D eigenvalue weighted by Crippen LogP contribution is 2.39. The normalized spacial score (nSPS) is 24.9. The largest absolute Gasteiger partial charge is 0.494 e. The predicted molar refractivity (Wildman–Crippen MR) is 145 cm³/mol. The van der Waals surface area contributed by atoms with Crippen molar-refractivity contribution in [3.8, 4) is 5.75 Å². The topological polar surface area (TPSA) is 43.4 Å². The van der Waals surface area contributed by atoms with Crippen molar-refractivity contribution >= 4 is 11.6 Å². The molecule has 2 aliphatic carbocycles. The molecule has 2 fully saturated rings. The van der Waals surface area contributed by atoms with Crippen molar-refractivity contribution in [1.82, 2.24) is 0 Å². The van der Waals surface area contributed by atoms with Crippen LogP contribution in [0.25, 0.3) is 0 Å². The number of carbonyl (C=O) groups excluding carboxylic acids is 2. The fourth-order valence-electron chi connectivity index (χ4n) is 6.30. The van der Waals surface area contributed by atoms with Crippen molar-refractivity contribution in [3.63, 3.8) is 0 Å². The Hall–Kier alpha value is -1.64. The first-order chi connectivity index (χ1) is 17.1. The summed E-state index contributed by atoms with van der Waals surface area (Å²) in [5, 5.41) is 0. The highest BCUT2D eigenvalue weighted by atomic mass is 16.5. The Morgan fingerprint density at radius 1 is 0.800 bits per heavy atom. The third kappa shape index (κ3) is 9.39. The molecule has 0 radical (unpaired) electrons. The summed E-state index contributed by atoms with van der Waals surface area (Å²) in [6.45, 7) is 5.25. The van der Waals surface area contributed by atoms with E-state index >= 15 is 0 Å². The van der Waals surface area contributed by atoms with E-state index in [1.807, 2.05) is 0 Å². The zero-order valence-corrected chi connectivity index (χ0v) is 22.6. The minimum atomic E-state index is -0.297. The lowest BCUT2D eigenvalue weighted by Crippen LogP contribution is -2.32. The molecule has 0 aliphatic heterocycles. The van der Waals surface area contributed by atoms with Crippen LogP contribution in [0.1, 0.15) is 134 Å². The second-order valence-corrected chi connectivity index (χ2v) is 11.4. The van der Waals surface area contributed by atoms with E-state index in [0.29, 0.717) is 30.6 Å². The van der Waals surface area contributed by atoms with Crippen LogP contribution in [0.4, 0.5) is 0 Å². The van der Waals surface area contributed by atoms with Gasteiger partial charge in [0.25, 0.3) is 0 Å². The first kappa shape index (κ1) is 27.9. The van der Waals surface area contributed by atoms with Crippen LogP contribution in [0.5, 0.6) is 5.75 Å². The molecule has 3 nitrogen and oxygen atoms in total. The summed E-state index contributed by atoms with van der Waals surface area (Å²) >= 11 is 0. The maximum absolute atomic E-state index is 12.9. The number of benzene rings is 1. The molecule has 2 saturated carbocycles. The van der Waals surface area contributed by atoms with E-state index < -0.39 is 0 Å². The molecule has 3 rings (SSSR count). The van der Waals surface area contributed by atoms with E-state index in [0.717, 1.165) is 70.1 Å². The summed E-state index contributed by atoms with van der Waals surface area (Å²) in [6, 6.07) is 8.74. The van der Waals surface area contributed by atoms with E-state index in [9.17, 15) is 9.59 Å². The molecule has 35 heavy (non-hydrogen) atoms. The summed E-state index contributed by atoms with van der Waals surface area (Å²) in [5.74, 6) is 2.71. The molecular weight excluding hydrogens is 432 g/mol. The minimum absolute atomic E-state index is 0.225. The van der Waals surface area contributed by atoms with Gasteiger partial charge in [-0.2, -0.15) is 0 Å². The van der Waals surface area contributed by atoms with Crippen LogP contribution in [-0.4, -0.2) is 18.2 Å². The van der Waals surface area contributed by atoms with Gasteiger partial charge < -0.3 is 4.74 Å². The summed E-state index contributed by atoms with van der Waals surface area (Å²) < 4.78 is 5.96. The standard InChI is InChI=1S/C32H50O3/c1-3-5-6-7-8-9-10-22-35-29-19-17-28(18-20-29)27-15-12-26(13-16-27)24-32(34)30-21-14-25(11-4-2)23-31(30)33/h17-20,25-27,30H,3-16,21-24H2,1-2H3. The van der Waals surface area contributed by atoms with E-state index in [1.54, 1.807) is 0 Å². The van der Waals surface area contributed by atoms with Gasteiger partial charge in [-0.1, -0.05) is 77.3 Å². The Kier molecular flexibility index (Phi) is 12.3. The van der Waals surface area contributed by atoms with Crippen molar-refractivity contribution in [2.24, 2.45) is 17.8 Å². The fraction of sp³-hybridized carbons (Fsp3) is 0.750. The fourth-order valence-corrected chi connectivity index (χ4v) is 6.30. The molecule has 196 valence electrons. The molecule has 0 bridgehead atoms. The van der Waals surface area contributed by atoms with E-state index in [-0.39, 0.29) is 17.5 Å². The average Bonchev–Trinajstić information content (AvgIpc) is 2.87. The smallest absolute Gasteiger partial charge is 0.143 e. The van der Waals surface area contributed by atoms with Crippen molar-refractivity contribution in [1.29, 1.82) is 0 Å². The number of hydrogen-bond acceptors (Lipinski definition) is 3. The number of ketones is 2. The number of carbonyl (C=O) groups is 2. The van der Waals surface area contributed by atoms with Gasteiger partial charge in [-0.05, 0) is 80.4 Å². The van der Waals surface area contributed by atoms with E-state index in [2.05, 4.69) is 38.1 Å². The maximum atomic E-state index is 12.9. The van der Waals surface area contributed by atoms with Gasteiger partial charge in [0.15, 0.2) is 0 Å². The lowest BCUT2D eigenvalue weighted by molar-refractivity contribution is -0.136. The van der Waals surface area contributed by atoms with Crippen LogP contribution in [0.3, 0.4) is 0 Å². The minimum Gasteiger partial charge on any atom is -0.494 e. The molecule has 0 amide bonds. The Morgan fingerprint density at radius 2 is 1.46 bits per heavy atom. The van der Waals surface area contributed by atoms with Crippen LogP contribution in [0, 0.1) is 17.8 Å². The Labute approximate surface area is 214 Å². The lowest BCUT2D eigenvalue weighted by atomic mass is 9.73. The van der Waals surface area contributed by atoms with Gasteiger partial charge in [0, 0.05) is 12.8 Å². The highest BCUT2D eigenvalue weighted by molar-refractivity contribution is 6.02. The number of ether oxygens (including phenoxy) is 1. The Morgan fingerprint density at radius 3 is 2.11 bits per heavy atom. The molecule has 1 aromatic rings. The third-order valence-electron chi connectivity index (χ3n) is 8.53. The van der Waals surface area contributed by atoms with E-state index in [4.69, 9.17) is 4.74 Å². The molecule has 0 aromatic heterocycles. The summed E-state index contributed by atoms with van der Waals surface area (Å²) in [4.78, 5) is 25.4. The molecule has 0 heterocycles.